The molecule has 3 rings (SSSR count). The molecule has 1 saturated heterocycles. The Kier molecular flexibility index (Phi) is 5.85. The monoisotopic (exact) mass is 423 g/mol. The summed E-state index contributed by atoms with van der Waals surface area (Å²) >= 11 is 6.28. The number of nitrogens with zero attached hydrogens (tertiary/aromatic N) is 1. The summed E-state index contributed by atoms with van der Waals surface area (Å²) < 4.78 is 7.33. The minimum atomic E-state index is -0.543. The van der Waals surface area contributed by atoms with Gasteiger partial charge in [0.15, 0.2) is 0 Å². The number of rotatable bonds is 6. The van der Waals surface area contributed by atoms with E-state index in [1.54, 1.807) is 0 Å². The van der Waals surface area contributed by atoms with E-state index in [-0.39, 0.29) is 26.8 Å². The van der Waals surface area contributed by atoms with Gasteiger partial charge in [0.1, 0.15) is 0 Å². The normalized spacial score (nSPS) is 23.0. The molecule has 2 atom stereocenters. The quantitative estimate of drug-likeness (QED) is 0.529. The van der Waals surface area contributed by atoms with Crippen molar-refractivity contribution in [3.8, 4) is 0 Å². The molecule has 0 N–H and O–H groups in total. The van der Waals surface area contributed by atoms with Gasteiger partial charge >= 0.3 is 161 Å². The molecule has 1 heterocycles. The molecule has 132 valence electrons. The van der Waals surface area contributed by atoms with Gasteiger partial charge in [0.2, 0.25) is 0 Å². The SMILES string of the molecule is CN(C)CC1CC(C[Se]c2ccccc2)(c2ccc(Cl)cc2)OC1=O. The van der Waals surface area contributed by atoms with E-state index in [9.17, 15) is 4.79 Å². The van der Waals surface area contributed by atoms with Crippen LogP contribution in [0.25, 0.3) is 0 Å². The molecule has 0 radical (unpaired) electrons. The molecule has 2 aromatic carbocycles. The summed E-state index contributed by atoms with van der Waals surface area (Å²) in [6, 6.07) is 18.2. The summed E-state index contributed by atoms with van der Waals surface area (Å²) in [4.78, 5) is 14.6. The van der Waals surface area contributed by atoms with Gasteiger partial charge in [-0.15, -0.1) is 0 Å². The zero-order valence-electron chi connectivity index (χ0n) is 14.4. The van der Waals surface area contributed by atoms with Gasteiger partial charge in [-0.05, 0) is 0 Å². The van der Waals surface area contributed by atoms with Gasteiger partial charge in [0.25, 0.3) is 0 Å². The van der Waals surface area contributed by atoms with E-state index in [0.29, 0.717) is 11.6 Å². The molecular weight excluding hydrogens is 401 g/mol. The van der Waals surface area contributed by atoms with Gasteiger partial charge in [-0.2, -0.15) is 0 Å². The third-order valence-electron chi connectivity index (χ3n) is 4.38. The molecule has 0 aromatic heterocycles. The Bertz CT molecular complexity index is 720. The van der Waals surface area contributed by atoms with Crippen molar-refractivity contribution in [3.63, 3.8) is 0 Å². The Morgan fingerprint density at radius 3 is 2.48 bits per heavy atom. The fraction of sp³-hybridized carbons (Fsp3) is 0.350. The third kappa shape index (κ3) is 4.45. The first-order valence-electron chi connectivity index (χ1n) is 8.30. The fourth-order valence-corrected chi connectivity index (χ4v) is 5.62. The molecule has 1 aliphatic heterocycles. The Morgan fingerprint density at radius 2 is 1.84 bits per heavy atom. The fourth-order valence-electron chi connectivity index (χ4n) is 3.20. The molecule has 1 aliphatic rings. The summed E-state index contributed by atoms with van der Waals surface area (Å²) in [6.07, 6.45) is 0.722. The van der Waals surface area contributed by atoms with Crippen LogP contribution in [0.1, 0.15) is 12.0 Å². The van der Waals surface area contributed by atoms with Crippen molar-refractivity contribution in [1.29, 1.82) is 0 Å². The number of carbonyl (C=O) groups excluding carboxylic acids is 1. The van der Waals surface area contributed by atoms with Crippen LogP contribution in [0.5, 0.6) is 0 Å². The number of hydrogen-bond donors (Lipinski definition) is 0. The van der Waals surface area contributed by atoms with E-state index in [0.717, 1.165) is 17.3 Å². The van der Waals surface area contributed by atoms with E-state index in [2.05, 4.69) is 24.3 Å². The number of hydrogen-bond acceptors (Lipinski definition) is 3. The van der Waals surface area contributed by atoms with Crippen LogP contribution in [0.2, 0.25) is 10.3 Å². The van der Waals surface area contributed by atoms with E-state index in [1.807, 2.05) is 49.3 Å². The summed E-state index contributed by atoms with van der Waals surface area (Å²) in [7, 11) is 3.98. The number of benzene rings is 2. The van der Waals surface area contributed by atoms with Crippen molar-refractivity contribution < 1.29 is 9.53 Å². The number of carbonyl (C=O) groups is 1. The van der Waals surface area contributed by atoms with Crippen molar-refractivity contribution in [2.24, 2.45) is 5.92 Å². The van der Waals surface area contributed by atoms with Crippen molar-refractivity contribution in [2.75, 3.05) is 20.6 Å². The molecule has 3 nitrogen and oxygen atoms in total. The number of esters is 1. The van der Waals surface area contributed by atoms with E-state index >= 15 is 0 Å². The van der Waals surface area contributed by atoms with Gasteiger partial charge in [-0.1, -0.05) is 0 Å². The second-order valence-corrected chi connectivity index (χ2v) is 9.32. The average Bonchev–Trinajstić information content (AvgIpc) is 2.91. The maximum absolute atomic E-state index is 12.5. The Labute approximate surface area is 160 Å². The molecule has 0 aliphatic carbocycles. The second-order valence-electron chi connectivity index (χ2n) is 6.69. The maximum atomic E-state index is 12.5. The van der Waals surface area contributed by atoms with Crippen molar-refractivity contribution in [1.82, 2.24) is 4.90 Å². The number of cyclic esters (lactones) is 1. The third-order valence-corrected chi connectivity index (χ3v) is 7.18. The molecule has 0 spiro atoms. The molecular formula is C20H22ClNO2Se. The molecule has 2 unspecified atom stereocenters. The minimum absolute atomic E-state index is 0.0859. The topological polar surface area (TPSA) is 29.5 Å². The molecule has 1 fully saturated rings. The Hall–Kier alpha value is -1.32. The van der Waals surface area contributed by atoms with E-state index in [4.69, 9.17) is 16.3 Å². The standard InChI is InChI=1S/C20H22ClNO2Se/c1-22(2)13-15-12-20(24-19(15)23,16-8-10-17(21)11-9-16)14-25-18-6-4-3-5-7-18/h3-11,15H,12-14H2,1-2H3. The molecule has 0 bridgehead atoms. The Balaban J connectivity index is 1.86. The van der Waals surface area contributed by atoms with Crippen LogP contribution < -0.4 is 4.46 Å². The van der Waals surface area contributed by atoms with Crippen molar-refractivity contribution >= 4 is 37.0 Å². The summed E-state index contributed by atoms with van der Waals surface area (Å²) in [5.41, 5.74) is 0.502. The van der Waals surface area contributed by atoms with Gasteiger partial charge in [-0.25, -0.2) is 0 Å². The summed E-state index contributed by atoms with van der Waals surface area (Å²) in [5.74, 6) is -0.176. The van der Waals surface area contributed by atoms with E-state index < -0.39 is 5.60 Å². The van der Waals surface area contributed by atoms with Gasteiger partial charge in [0.05, 0.1) is 0 Å². The van der Waals surface area contributed by atoms with Crippen molar-refractivity contribution in [2.45, 2.75) is 17.3 Å². The van der Waals surface area contributed by atoms with Crippen LogP contribution >= 0.6 is 11.6 Å². The van der Waals surface area contributed by atoms with Gasteiger partial charge in [0, 0.05) is 0 Å². The predicted octanol–water partition coefficient (Wildman–Crippen LogP) is 3.11. The van der Waals surface area contributed by atoms with Crippen LogP contribution in [0.3, 0.4) is 0 Å². The van der Waals surface area contributed by atoms with Crippen LogP contribution in [-0.4, -0.2) is 46.5 Å². The summed E-state index contributed by atoms with van der Waals surface area (Å²) in [6.45, 7) is 0.715. The van der Waals surface area contributed by atoms with Crippen LogP contribution in [0.4, 0.5) is 0 Å². The summed E-state index contributed by atoms with van der Waals surface area (Å²) in [5, 5.41) is 1.53. The first kappa shape index (κ1) is 18.5. The zero-order chi connectivity index (χ0) is 17.9. The van der Waals surface area contributed by atoms with Gasteiger partial charge < -0.3 is 0 Å². The van der Waals surface area contributed by atoms with Crippen LogP contribution in [-0.2, 0) is 15.1 Å². The zero-order valence-corrected chi connectivity index (χ0v) is 16.9. The van der Waals surface area contributed by atoms with Crippen LogP contribution in [0, 0.1) is 5.92 Å². The van der Waals surface area contributed by atoms with Crippen LogP contribution in [0.15, 0.2) is 54.6 Å². The van der Waals surface area contributed by atoms with Gasteiger partial charge in [-0.3, -0.25) is 0 Å². The second kappa shape index (κ2) is 7.92. The molecule has 0 amide bonds. The molecule has 5 heteroatoms. The molecule has 2 aromatic rings. The number of ether oxygens (including phenoxy) is 1. The first-order chi connectivity index (χ1) is 12.0. The van der Waals surface area contributed by atoms with E-state index in [1.165, 1.54) is 4.46 Å². The molecule has 0 saturated carbocycles. The number of halogens is 1. The Morgan fingerprint density at radius 1 is 1.16 bits per heavy atom. The predicted molar refractivity (Wildman–Crippen MR) is 103 cm³/mol. The van der Waals surface area contributed by atoms with Crippen molar-refractivity contribution in [3.05, 3.63) is 65.2 Å². The average molecular weight is 423 g/mol. The first-order valence-corrected chi connectivity index (χ1v) is 10.7. The molecule has 25 heavy (non-hydrogen) atoms.